The molecule has 0 atom stereocenters. The van der Waals surface area contributed by atoms with Crippen molar-refractivity contribution < 1.29 is 0 Å². The van der Waals surface area contributed by atoms with Crippen LogP contribution in [0.5, 0.6) is 0 Å². The van der Waals surface area contributed by atoms with Crippen molar-refractivity contribution in [2.45, 2.75) is 20.4 Å². The molecule has 24 heavy (non-hydrogen) atoms. The van der Waals surface area contributed by atoms with Gasteiger partial charge in [0.1, 0.15) is 12.0 Å². The minimum absolute atomic E-state index is 0.172. The van der Waals surface area contributed by atoms with Gasteiger partial charge in [0.2, 0.25) is 0 Å². The van der Waals surface area contributed by atoms with Gasteiger partial charge in [0.25, 0.3) is 5.56 Å². The molecule has 3 heterocycles. The maximum absolute atomic E-state index is 12.8. The number of fused-ring (bicyclic) bond motifs is 1. The largest absolute Gasteiger partial charge is 0.285 e. The number of hydrogen-bond donors (Lipinski definition) is 0. The second-order valence-electron chi connectivity index (χ2n) is 5.61. The van der Waals surface area contributed by atoms with Crippen molar-refractivity contribution in [3.8, 4) is 11.8 Å². The SMILES string of the molecule is CC(C)C#Cc1cc2cncnc2n(Cc2ncccc2Cl)c1=O. The second kappa shape index (κ2) is 6.81. The molecule has 0 amide bonds. The first-order valence-corrected chi connectivity index (χ1v) is 7.88. The molecule has 120 valence electrons. The summed E-state index contributed by atoms with van der Waals surface area (Å²) in [5.74, 6) is 6.15. The molecule has 0 saturated carbocycles. The highest BCUT2D eigenvalue weighted by molar-refractivity contribution is 6.31. The summed E-state index contributed by atoms with van der Waals surface area (Å²) < 4.78 is 1.54. The molecule has 0 bridgehead atoms. The molecule has 0 spiro atoms. The van der Waals surface area contributed by atoms with Gasteiger partial charge in [-0.05, 0) is 18.2 Å². The Bertz CT molecular complexity index is 1010. The Hall–Kier alpha value is -2.71. The van der Waals surface area contributed by atoms with Gasteiger partial charge in [0.15, 0.2) is 0 Å². The predicted molar refractivity (Wildman–Crippen MR) is 93.9 cm³/mol. The molecular weight excluding hydrogens is 324 g/mol. The molecule has 0 aliphatic heterocycles. The van der Waals surface area contributed by atoms with E-state index < -0.39 is 0 Å². The summed E-state index contributed by atoms with van der Waals surface area (Å²) in [4.78, 5) is 25.4. The van der Waals surface area contributed by atoms with Crippen molar-refractivity contribution in [2.24, 2.45) is 5.92 Å². The highest BCUT2D eigenvalue weighted by Crippen LogP contribution is 2.16. The number of hydrogen-bond acceptors (Lipinski definition) is 4. The third kappa shape index (κ3) is 3.29. The molecule has 3 rings (SSSR count). The molecule has 0 fully saturated rings. The van der Waals surface area contributed by atoms with Crippen LogP contribution in [-0.2, 0) is 6.54 Å². The lowest BCUT2D eigenvalue weighted by atomic mass is 10.1. The van der Waals surface area contributed by atoms with Crippen molar-refractivity contribution in [2.75, 3.05) is 0 Å². The molecule has 3 aromatic rings. The molecule has 0 saturated heterocycles. The first kappa shape index (κ1) is 16.2. The van der Waals surface area contributed by atoms with Gasteiger partial charge < -0.3 is 0 Å². The van der Waals surface area contributed by atoms with Crippen LogP contribution in [-0.4, -0.2) is 19.5 Å². The van der Waals surface area contributed by atoms with Gasteiger partial charge in [-0.2, -0.15) is 0 Å². The van der Waals surface area contributed by atoms with E-state index in [2.05, 4.69) is 26.8 Å². The lowest BCUT2D eigenvalue weighted by molar-refractivity contribution is 0.758. The van der Waals surface area contributed by atoms with Gasteiger partial charge in [0.05, 0.1) is 22.8 Å². The minimum Gasteiger partial charge on any atom is -0.285 e. The number of rotatable bonds is 2. The Morgan fingerprint density at radius 1 is 1.33 bits per heavy atom. The third-order valence-electron chi connectivity index (χ3n) is 3.39. The minimum atomic E-state index is -0.212. The average molecular weight is 339 g/mol. The molecule has 0 radical (unpaired) electrons. The van der Waals surface area contributed by atoms with E-state index >= 15 is 0 Å². The summed E-state index contributed by atoms with van der Waals surface area (Å²) in [6, 6.07) is 5.22. The van der Waals surface area contributed by atoms with E-state index in [0.29, 0.717) is 21.9 Å². The first-order valence-electron chi connectivity index (χ1n) is 7.50. The first-order chi connectivity index (χ1) is 11.6. The Morgan fingerprint density at radius 3 is 2.92 bits per heavy atom. The second-order valence-corrected chi connectivity index (χ2v) is 6.01. The van der Waals surface area contributed by atoms with Crippen molar-refractivity contribution in [1.29, 1.82) is 0 Å². The van der Waals surface area contributed by atoms with Gasteiger partial charge in [-0.25, -0.2) is 9.97 Å². The predicted octanol–water partition coefficient (Wildman–Crippen LogP) is 2.90. The van der Waals surface area contributed by atoms with Crippen molar-refractivity contribution in [1.82, 2.24) is 19.5 Å². The fourth-order valence-electron chi connectivity index (χ4n) is 2.26. The molecule has 0 unspecified atom stereocenters. The van der Waals surface area contributed by atoms with E-state index in [1.165, 1.54) is 10.9 Å². The van der Waals surface area contributed by atoms with E-state index in [4.69, 9.17) is 11.6 Å². The van der Waals surface area contributed by atoms with Crippen LogP contribution < -0.4 is 5.56 Å². The molecule has 0 aliphatic rings. The molecule has 0 aliphatic carbocycles. The summed E-state index contributed by atoms with van der Waals surface area (Å²) in [5.41, 5.74) is 1.34. The fraction of sp³-hybridized carbons (Fsp3) is 0.222. The summed E-state index contributed by atoms with van der Waals surface area (Å²) in [6.07, 6.45) is 4.72. The van der Waals surface area contributed by atoms with Crippen LogP contribution in [0.15, 0.2) is 41.7 Å². The molecule has 5 nitrogen and oxygen atoms in total. The van der Waals surface area contributed by atoms with Crippen LogP contribution in [0.1, 0.15) is 25.1 Å². The van der Waals surface area contributed by atoms with Crippen molar-refractivity contribution in [3.05, 3.63) is 63.6 Å². The highest BCUT2D eigenvalue weighted by Gasteiger charge is 2.12. The Balaban J connectivity index is 2.22. The number of aromatic nitrogens is 4. The zero-order chi connectivity index (χ0) is 17.1. The van der Waals surface area contributed by atoms with E-state index in [1.54, 1.807) is 30.6 Å². The summed E-state index contributed by atoms with van der Waals surface area (Å²) >= 11 is 6.18. The lowest BCUT2D eigenvalue weighted by Crippen LogP contribution is -2.24. The van der Waals surface area contributed by atoms with Crippen molar-refractivity contribution >= 4 is 22.6 Å². The molecule has 0 N–H and O–H groups in total. The molecular formula is C18H15ClN4O. The highest BCUT2D eigenvalue weighted by atomic mass is 35.5. The Morgan fingerprint density at radius 2 is 2.17 bits per heavy atom. The third-order valence-corrected chi connectivity index (χ3v) is 3.73. The summed E-state index contributed by atoms with van der Waals surface area (Å²) in [7, 11) is 0. The van der Waals surface area contributed by atoms with Gasteiger partial charge >= 0.3 is 0 Å². The number of nitrogens with zero attached hydrogens (tertiary/aromatic N) is 4. The quantitative estimate of drug-likeness (QED) is 0.674. The fourth-order valence-corrected chi connectivity index (χ4v) is 2.44. The van der Waals surface area contributed by atoms with Gasteiger partial charge in [-0.15, -0.1) is 0 Å². The number of halogens is 1. The van der Waals surface area contributed by atoms with Crippen LogP contribution >= 0.6 is 11.6 Å². The van der Waals surface area contributed by atoms with Gasteiger partial charge in [0, 0.05) is 23.7 Å². The van der Waals surface area contributed by atoms with E-state index in [0.717, 1.165) is 5.39 Å². The normalized spacial score (nSPS) is 10.7. The van der Waals surface area contributed by atoms with E-state index in [-0.39, 0.29) is 18.0 Å². The number of pyridine rings is 2. The summed E-state index contributed by atoms with van der Waals surface area (Å²) in [5, 5.41) is 1.25. The van der Waals surface area contributed by atoms with E-state index in [1.807, 2.05) is 13.8 Å². The Kier molecular flexibility index (Phi) is 4.59. The average Bonchev–Trinajstić information content (AvgIpc) is 2.57. The lowest BCUT2D eigenvalue weighted by Gasteiger charge is -2.10. The van der Waals surface area contributed by atoms with Gasteiger partial charge in [-0.1, -0.05) is 37.3 Å². The molecule has 6 heteroatoms. The van der Waals surface area contributed by atoms with Crippen molar-refractivity contribution in [3.63, 3.8) is 0 Å². The zero-order valence-corrected chi connectivity index (χ0v) is 14.1. The summed E-state index contributed by atoms with van der Waals surface area (Å²) in [6.45, 7) is 4.18. The Labute approximate surface area is 144 Å². The van der Waals surface area contributed by atoms with E-state index in [9.17, 15) is 4.79 Å². The smallest absolute Gasteiger partial charge is 0.268 e. The zero-order valence-electron chi connectivity index (χ0n) is 13.3. The maximum Gasteiger partial charge on any atom is 0.268 e. The maximum atomic E-state index is 12.8. The topological polar surface area (TPSA) is 60.7 Å². The standard InChI is InChI=1S/C18H15ClN4O/c1-12(2)5-6-13-8-14-9-20-11-22-17(14)23(18(13)24)10-16-15(19)4-3-7-21-16/h3-4,7-9,11-12H,10H2,1-2H3. The monoisotopic (exact) mass is 338 g/mol. The molecule has 3 aromatic heterocycles. The molecule has 0 aromatic carbocycles. The van der Waals surface area contributed by atoms with Crippen LogP contribution in [0.4, 0.5) is 0 Å². The van der Waals surface area contributed by atoms with Crippen LogP contribution in [0.25, 0.3) is 11.0 Å². The van der Waals surface area contributed by atoms with Crippen LogP contribution in [0.2, 0.25) is 5.02 Å². The van der Waals surface area contributed by atoms with Gasteiger partial charge in [-0.3, -0.25) is 14.3 Å². The van der Waals surface area contributed by atoms with Crippen LogP contribution in [0.3, 0.4) is 0 Å². The van der Waals surface area contributed by atoms with Crippen LogP contribution in [0, 0.1) is 17.8 Å².